The summed E-state index contributed by atoms with van der Waals surface area (Å²) in [5, 5.41) is 2.12. The Morgan fingerprint density at radius 3 is 2.73 bits per heavy atom. The average molecular weight is 434 g/mol. The third kappa shape index (κ3) is 3.28. The van der Waals surface area contributed by atoms with E-state index in [0.29, 0.717) is 5.75 Å². The number of carbonyl (C=O) groups excluding carboxylic acids is 1. The topological polar surface area (TPSA) is 47.8 Å². The molecule has 3 heterocycles. The van der Waals surface area contributed by atoms with Crippen LogP contribution in [0, 0.1) is 20.8 Å². The molecule has 4 nitrogen and oxygen atoms in total. The van der Waals surface area contributed by atoms with Crippen molar-refractivity contribution < 1.29 is 4.79 Å². The van der Waals surface area contributed by atoms with E-state index in [0.717, 1.165) is 45.3 Å². The number of hydrogen-bond acceptors (Lipinski definition) is 5. The quantitative estimate of drug-likeness (QED) is 0.224. The highest BCUT2D eigenvalue weighted by atomic mass is 32.2. The Balaban J connectivity index is 1.41. The Hall–Kier alpha value is -2.44. The van der Waals surface area contributed by atoms with E-state index in [1.54, 1.807) is 29.4 Å². The average Bonchev–Trinajstić information content (AvgIpc) is 3.40. The fourth-order valence-corrected chi connectivity index (χ4v) is 6.56. The molecule has 3 aromatic heterocycles. The van der Waals surface area contributed by atoms with Crippen LogP contribution in [0.15, 0.2) is 41.7 Å². The first-order chi connectivity index (χ1) is 14.5. The van der Waals surface area contributed by atoms with Gasteiger partial charge in [-0.2, -0.15) is 0 Å². The molecule has 1 aromatic carbocycles. The van der Waals surface area contributed by atoms with Gasteiger partial charge in [-0.05, 0) is 63.8 Å². The van der Waals surface area contributed by atoms with Crippen molar-refractivity contribution in [3.8, 4) is 5.69 Å². The zero-order valence-electron chi connectivity index (χ0n) is 17.4. The van der Waals surface area contributed by atoms with Crippen molar-refractivity contribution in [2.45, 2.75) is 45.1 Å². The van der Waals surface area contributed by atoms with Crippen LogP contribution in [0.4, 0.5) is 0 Å². The number of rotatable bonds is 5. The predicted octanol–water partition coefficient (Wildman–Crippen LogP) is 5.87. The summed E-state index contributed by atoms with van der Waals surface area (Å²) in [6, 6.07) is 10.4. The second-order valence-electron chi connectivity index (χ2n) is 7.88. The standard InChI is InChI=1S/C24H23N3OS2/c1-14-7-9-17(10-8-14)27-15(2)11-19(16(27)3)20(28)12-29-23-22-18-5-4-6-21(18)30-24(22)26-13-25-23/h7-11,13H,4-6,12H2,1-3H3. The normalized spacial score (nSPS) is 13.2. The number of nitrogens with zero attached hydrogens (tertiary/aromatic N) is 3. The highest BCUT2D eigenvalue weighted by molar-refractivity contribution is 8.00. The fourth-order valence-electron chi connectivity index (χ4n) is 4.36. The predicted molar refractivity (Wildman–Crippen MR) is 124 cm³/mol. The molecule has 0 aliphatic heterocycles. The smallest absolute Gasteiger partial charge is 0.174 e. The first-order valence-electron chi connectivity index (χ1n) is 10.2. The van der Waals surface area contributed by atoms with Crippen LogP contribution in [0.1, 0.15) is 44.2 Å². The van der Waals surface area contributed by atoms with Gasteiger partial charge in [-0.15, -0.1) is 11.3 Å². The number of ketones is 1. The molecule has 30 heavy (non-hydrogen) atoms. The van der Waals surface area contributed by atoms with E-state index < -0.39 is 0 Å². The minimum absolute atomic E-state index is 0.144. The second kappa shape index (κ2) is 7.67. The number of Topliss-reactive ketones (excluding diaryl/α,β-unsaturated/α-hetero) is 1. The Kier molecular flexibility index (Phi) is 4.99. The maximum absolute atomic E-state index is 13.1. The third-order valence-electron chi connectivity index (χ3n) is 5.83. The Morgan fingerprint density at radius 2 is 1.93 bits per heavy atom. The number of aryl methyl sites for hydroxylation is 4. The summed E-state index contributed by atoms with van der Waals surface area (Å²) < 4.78 is 2.16. The molecule has 0 atom stereocenters. The van der Waals surface area contributed by atoms with E-state index in [4.69, 9.17) is 0 Å². The maximum Gasteiger partial charge on any atom is 0.174 e. The molecule has 0 unspecified atom stereocenters. The van der Waals surface area contributed by atoms with Crippen LogP contribution in [0.2, 0.25) is 0 Å². The minimum atomic E-state index is 0.144. The number of hydrogen-bond donors (Lipinski definition) is 0. The van der Waals surface area contributed by atoms with E-state index in [-0.39, 0.29) is 5.78 Å². The van der Waals surface area contributed by atoms with Crippen molar-refractivity contribution in [1.82, 2.24) is 14.5 Å². The van der Waals surface area contributed by atoms with Gasteiger partial charge >= 0.3 is 0 Å². The first kappa shape index (κ1) is 19.5. The molecule has 1 aliphatic rings. The molecular formula is C24H23N3OS2. The van der Waals surface area contributed by atoms with Gasteiger partial charge in [-0.25, -0.2) is 9.97 Å². The molecule has 0 amide bonds. The molecule has 6 heteroatoms. The fraction of sp³-hybridized carbons (Fsp3) is 0.292. The number of benzene rings is 1. The zero-order valence-corrected chi connectivity index (χ0v) is 19.0. The summed E-state index contributed by atoms with van der Waals surface area (Å²) in [7, 11) is 0. The number of aromatic nitrogens is 3. The van der Waals surface area contributed by atoms with Crippen LogP contribution in [-0.2, 0) is 12.8 Å². The minimum Gasteiger partial charge on any atom is -0.318 e. The van der Waals surface area contributed by atoms with Gasteiger partial charge in [0.25, 0.3) is 0 Å². The Bertz CT molecular complexity index is 1270. The van der Waals surface area contributed by atoms with E-state index in [1.807, 2.05) is 13.0 Å². The summed E-state index contributed by atoms with van der Waals surface area (Å²) >= 11 is 3.33. The van der Waals surface area contributed by atoms with Crippen molar-refractivity contribution in [3.63, 3.8) is 0 Å². The lowest BCUT2D eigenvalue weighted by Crippen LogP contribution is -2.06. The molecule has 152 valence electrons. The SMILES string of the molecule is Cc1ccc(-n2c(C)cc(C(=O)CSc3ncnc4sc5c(c34)CCC5)c2C)cc1. The lowest BCUT2D eigenvalue weighted by Gasteiger charge is -2.10. The summed E-state index contributed by atoms with van der Waals surface area (Å²) in [5.74, 6) is 0.527. The highest BCUT2D eigenvalue weighted by Crippen LogP contribution is 2.40. The van der Waals surface area contributed by atoms with Crippen molar-refractivity contribution in [3.05, 3.63) is 69.6 Å². The molecule has 0 spiro atoms. The lowest BCUT2D eigenvalue weighted by molar-refractivity contribution is 0.102. The monoisotopic (exact) mass is 433 g/mol. The second-order valence-corrected chi connectivity index (χ2v) is 9.93. The van der Waals surface area contributed by atoms with Crippen LogP contribution >= 0.6 is 23.1 Å². The third-order valence-corrected chi connectivity index (χ3v) is 8.02. The van der Waals surface area contributed by atoms with Gasteiger partial charge in [0.2, 0.25) is 0 Å². The van der Waals surface area contributed by atoms with E-state index in [9.17, 15) is 4.79 Å². The zero-order chi connectivity index (χ0) is 20.8. The van der Waals surface area contributed by atoms with E-state index in [1.165, 1.54) is 27.8 Å². The Labute approximate surface area is 184 Å². The molecule has 5 rings (SSSR count). The maximum atomic E-state index is 13.1. The van der Waals surface area contributed by atoms with Crippen molar-refractivity contribution in [2.75, 3.05) is 5.75 Å². The molecule has 1 aliphatic carbocycles. The number of thioether (sulfide) groups is 1. The van der Waals surface area contributed by atoms with Gasteiger partial charge in [-0.1, -0.05) is 29.5 Å². The van der Waals surface area contributed by atoms with Crippen molar-refractivity contribution in [1.29, 1.82) is 0 Å². The van der Waals surface area contributed by atoms with Gasteiger partial charge in [0.15, 0.2) is 5.78 Å². The largest absolute Gasteiger partial charge is 0.318 e. The number of carbonyl (C=O) groups is 1. The van der Waals surface area contributed by atoms with Gasteiger partial charge < -0.3 is 4.57 Å². The highest BCUT2D eigenvalue weighted by Gasteiger charge is 2.22. The molecule has 0 N–H and O–H groups in total. The first-order valence-corrected chi connectivity index (χ1v) is 12.0. The van der Waals surface area contributed by atoms with E-state index >= 15 is 0 Å². The van der Waals surface area contributed by atoms with Crippen LogP contribution in [0.5, 0.6) is 0 Å². The summed E-state index contributed by atoms with van der Waals surface area (Å²) in [6.07, 6.45) is 5.08. The van der Waals surface area contributed by atoms with Crippen LogP contribution in [-0.4, -0.2) is 26.1 Å². The van der Waals surface area contributed by atoms with Gasteiger partial charge in [0.05, 0.1) is 5.75 Å². The van der Waals surface area contributed by atoms with Gasteiger partial charge in [0.1, 0.15) is 16.2 Å². The van der Waals surface area contributed by atoms with Crippen LogP contribution in [0.25, 0.3) is 15.9 Å². The summed E-state index contributed by atoms with van der Waals surface area (Å²) in [4.78, 5) is 24.6. The molecule has 0 radical (unpaired) electrons. The molecule has 4 aromatic rings. The van der Waals surface area contributed by atoms with Crippen LogP contribution < -0.4 is 0 Å². The summed E-state index contributed by atoms with van der Waals surface area (Å²) in [6.45, 7) is 6.16. The van der Waals surface area contributed by atoms with Crippen molar-refractivity contribution >= 4 is 39.1 Å². The molecule has 0 bridgehead atoms. The number of fused-ring (bicyclic) bond motifs is 3. The van der Waals surface area contributed by atoms with Gasteiger partial charge in [-0.3, -0.25) is 4.79 Å². The van der Waals surface area contributed by atoms with Crippen LogP contribution in [0.3, 0.4) is 0 Å². The molecular weight excluding hydrogens is 410 g/mol. The number of thiophene rings is 1. The van der Waals surface area contributed by atoms with E-state index in [2.05, 4.69) is 52.6 Å². The van der Waals surface area contributed by atoms with Gasteiger partial charge in [0, 0.05) is 32.9 Å². The molecule has 0 saturated heterocycles. The summed E-state index contributed by atoms with van der Waals surface area (Å²) in [5.41, 5.74) is 6.58. The molecule has 0 fully saturated rings. The lowest BCUT2D eigenvalue weighted by atomic mass is 10.2. The van der Waals surface area contributed by atoms with Crippen molar-refractivity contribution in [2.24, 2.45) is 0 Å². The Morgan fingerprint density at radius 1 is 1.13 bits per heavy atom. The molecule has 0 saturated carbocycles.